The van der Waals surface area contributed by atoms with E-state index in [1.807, 2.05) is 37.3 Å². The van der Waals surface area contributed by atoms with Crippen LogP contribution in [0.15, 0.2) is 72.8 Å². The highest BCUT2D eigenvalue weighted by Crippen LogP contribution is 2.23. The van der Waals surface area contributed by atoms with Crippen molar-refractivity contribution in [3.63, 3.8) is 0 Å². The summed E-state index contributed by atoms with van der Waals surface area (Å²) in [5, 5.41) is 2.99. The van der Waals surface area contributed by atoms with E-state index in [1.54, 1.807) is 29.6 Å². The van der Waals surface area contributed by atoms with Crippen molar-refractivity contribution in [3.8, 4) is 0 Å². The van der Waals surface area contributed by atoms with Crippen molar-refractivity contribution in [3.05, 3.63) is 101 Å². The summed E-state index contributed by atoms with van der Waals surface area (Å²) in [5.74, 6) is -0.535. The lowest BCUT2D eigenvalue weighted by Crippen LogP contribution is -2.46. The van der Waals surface area contributed by atoms with Crippen LogP contribution in [0.4, 0.5) is 10.1 Å². The van der Waals surface area contributed by atoms with Gasteiger partial charge in [-0.15, -0.1) is 0 Å². The second-order valence-electron chi connectivity index (χ2n) is 9.78. The van der Waals surface area contributed by atoms with E-state index >= 15 is 0 Å². The predicted octanol–water partition coefficient (Wildman–Crippen LogP) is 6.24. The fraction of sp³-hybridized carbons (Fsp3) is 0.367. The third-order valence-corrected chi connectivity index (χ3v) is 6.65. The fourth-order valence-corrected chi connectivity index (χ4v) is 4.42. The molecule has 0 aliphatic heterocycles. The van der Waals surface area contributed by atoms with E-state index in [1.165, 1.54) is 17.7 Å². The number of unbranched alkanes of at least 4 members (excludes halogenated alkanes) is 1. The second kappa shape index (κ2) is 13.6. The molecule has 3 rings (SSSR count). The van der Waals surface area contributed by atoms with E-state index in [-0.39, 0.29) is 17.8 Å². The summed E-state index contributed by atoms with van der Waals surface area (Å²) >= 11 is 4.42. The van der Waals surface area contributed by atoms with Crippen LogP contribution in [0.3, 0.4) is 0 Å². The van der Waals surface area contributed by atoms with Crippen LogP contribution in [-0.4, -0.2) is 25.1 Å². The number of hydrogen-bond acceptors (Lipinski definition) is 5. The van der Waals surface area contributed by atoms with Gasteiger partial charge in [0.15, 0.2) is 0 Å². The number of nitrogens with two attached hydrogens (primary N) is 1. The van der Waals surface area contributed by atoms with E-state index < -0.39 is 5.54 Å². The minimum Gasteiger partial charge on any atom is -0.375 e. The molecule has 198 valence electrons. The summed E-state index contributed by atoms with van der Waals surface area (Å²) in [7, 11) is 1.81. The normalized spacial score (nSPS) is 13.6. The zero-order chi connectivity index (χ0) is 26.8. The van der Waals surface area contributed by atoms with Gasteiger partial charge in [0.05, 0.1) is 19.3 Å². The van der Waals surface area contributed by atoms with Gasteiger partial charge >= 0.3 is 0 Å². The molecule has 0 saturated heterocycles. The zero-order valence-corrected chi connectivity index (χ0v) is 22.8. The quantitative estimate of drug-likeness (QED) is 0.232. The average Bonchev–Trinajstić information content (AvgIpc) is 2.88. The lowest BCUT2D eigenvalue weighted by Gasteiger charge is -2.30. The molecule has 3 aromatic rings. The van der Waals surface area contributed by atoms with Crippen molar-refractivity contribution in [1.82, 2.24) is 5.32 Å². The first-order valence-corrected chi connectivity index (χ1v) is 13.1. The van der Waals surface area contributed by atoms with Crippen molar-refractivity contribution in [2.75, 3.05) is 18.0 Å². The van der Waals surface area contributed by atoms with Gasteiger partial charge in [0, 0.05) is 23.8 Å². The van der Waals surface area contributed by atoms with E-state index in [9.17, 15) is 9.18 Å². The van der Waals surface area contributed by atoms with E-state index in [4.69, 9.17) is 10.5 Å². The molecule has 0 radical (unpaired) electrons. The monoisotopic (exact) mass is 523 g/mol. The van der Waals surface area contributed by atoms with Crippen molar-refractivity contribution >= 4 is 24.4 Å². The number of thiol groups is 1. The molecule has 0 saturated carbocycles. The number of carbonyl (C=O) groups is 1. The Labute approximate surface area is 225 Å². The highest BCUT2D eigenvalue weighted by molar-refractivity contribution is 7.81. The van der Waals surface area contributed by atoms with Crippen LogP contribution < -0.4 is 15.4 Å². The molecule has 0 bridgehead atoms. The summed E-state index contributed by atoms with van der Waals surface area (Å²) < 4.78 is 21.1. The summed E-state index contributed by atoms with van der Waals surface area (Å²) in [5.41, 5.74) is 10.5. The van der Waals surface area contributed by atoms with Crippen molar-refractivity contribution in [2.24, 2.45) is 5.73 Å². The number of nitrogens with zero attached hydrogens (tertiary/aromatic N) is 1. The van der Waals surface area contributed by atoms with Crippen LogP contribution in [0.2, 0.25) is 0 Å². The Balaban J connectivity index is 1.70. The highest BCUT2D eigenvalue weighted by atomic mass is 32.1. The molecule has 3 aromatic carbocycles. The molecule has 3 N–H and O–H groups in total. The maximum absolute atomic E-state index is 13.3. The van der Waals surface area contributed by atoms with Gasteiger partial charge in [-0.05, 0) is 66.8 Å². The summed E-state index contributed by atoms with van der Waals surface area (Å²) in [6.45, 7) is 4.76. The smallest absolute Gasteiger partial charge is 0.251 e. The highest BCUT2D eigenvalue weighted by Gasteiger charge is 2.25. The number of amides is 1. The van der Waals surface area contributed by atoms with Gasteiger partial charge in [-0.1, -0.05) is 75.0 Å². The lowest BCUT2D eigenvalue weighted by molar-refractivity contribution is 0.0683. The van der Waals surface area contributed by atoms with Gasteiger partial charge in [-0.3, -0.25) is 4.79 Å². The molecular formula is C30H38FN3O2S. The fourth-order valence-electron chi connectivity index (χ4n) is 4.30. The first-order chi connectivity index (χ1) is 17.7. The van der Waals surface area contributed by atoms with E-state index in [0.717, 1.165) is 42.5 Å². The second-order valence-corrected chi connectivity index (χ2v) is 10.4. The molecule has 1 amide bonds. The molecule has 5 nitrogen and oxygen atoms in total. The summed E-state index contributed by atoms with van der Waals surface area (Å²) in [4.78, 5) is 13.1. The van der Waals surface area contributed by atoms with Crippen LogP contribution in [0.5, 0.6) is 0 Å². The van der Waals surface area contributed by atoms with Crippen LogP contribution in [0.1, 0.15) is 66.2 Å². The topological polar surface area (TPSA) is 67.6 Å². The Bertz CT molecular complexity index is 1140. The van der Waals surface area contributed by atoms with E-state index in [0.29, 0.717) is 18.8 Å². The van der Waals surface area contributed by atoms with Crippen LogP contribution in [0, 0.1) is 5.82 Å². The molecule has 0 spiro atoms. The van der Waals surface area contributed by atoms with Gasteiger partial charge in [0.2, 0.25) is 0 Å². The van der Waals surface area contributed by atoms with Gasteiger partial charge in [0.25, 0.3) is 5.91 Å². The molecule has 0 heterocycles. The maximum atomic E-state index is 13.3. The first-order valence-electron chi connectivity index (χ1n) is 12.7. The molecule has 0 aliphatic carbocycles. The molecule has 0 aromatic heterocycles. The number of nitrogens with one attached hydrogen (secondary N) is 1. The Morgan fingerprint density at radius 2 is 1.81 bits per heavy atom. The molecule has 0 aliphatic rings. The molecular weight excluding hydrogens is 485 g/mol. The summed E-state index contributed by atoms with van der Waals surface area (Å²) in [6.07, 6.45) is 3.71. The van der Waals surface area contributed by atoms with E-state index in [2.05, 4.69) is 37.2 Å². The molecule has 37 heavy (non-hydrogen) atoms. The lowest BCUT2D eigenvalue weighted by atomic mass is 9.87. The molecule has 7 heteroatoms. The maximum Gasteiger partial charge on any atom is 0.251 e. The molecule has 0 fully saturated rings. The zero-order valence-electron chi connectivity index (χ0n) is 21.9. The number of benzene rings is 3. The molecule has 1 unspecified atom stereocenters. The largest absolute Gasteiger partial charge is 0.375 e. The Morgan fingerprint density at radius 1 is 1.11 bits per heavy atom. The van der Waals surface area contributed by atoms with Gasteiger partial charge < -0.3 is 20.1 Å². The third-order valence-electron chi connectivity index (χ3n) is 6.42. The SMILES string of the molecule is CCCCC(N)(COCc1cc(C(=O)N[C@H](C)c2ccc(F)cc2)cc(N(C)S)c1)Cc1ccccc1. The van der Waals surface area contributed by atoms with Crippen LogP contribution >= 0.6 is 12.8 Å². The minimum absolute atomic E-state index is 0.227. The van der Waals surface area contributed by atoms with Crippen LogP contribution in [-0.2, 0) is 17.8 Å². The minimum atomic E-state index is -0.472. The van der Waals surface area contributed by atoms with Crippen molar-refractivity contribution in [2.45, 2.75) is 57.7 Å². The molecule has 2 atom stereocenters. The van der Waals surface area contributed by atoms with Gasteiger partial charge in [0.1, 0.15) is 5.82 Å². The third kappa shape index (κ3) is 8.88. The standard InChI is InChI=1S/C30H38FN3O2S/c1-4-5-15-30(32,19-23-9-7-6-8-10-23)21-36-20-24-16-26(18-28(17-24)34(3)37)29(35)33-22(2)25-11-13-27(31)14-12-25/h6-14,16-18,22,37H,4-5,15,19-21,32H2,1-3H3,(H,33,35)/t22-,30?/m1/s1. The average molecular weight is 524 g/mol. The Hall–Kier alpha value is -2.87. The number of rotatable bonds is 13. The Kier molecular flexibility index (Phi) is 10.6. The van der Waals surface area contributed by atoms with Crippen LogP contribution in [0.25, 0.3) is 0 Å². The number of carbonyl (C=O) groups excluding carboxylic acids is 1. The summed E-state index contributed by atoms with van der Waals surface area (Å²) in [6, 6.07) is 21.7. The van der Waals surface area contributed by atoms with Gasteiger partial charge in [-0.2, -0.15) is 0 Å². The van der Waals surface area contributed by atoms with Crippen molar-refractivity contribution in [1.29, 1.82) is 0 Å². The number of halogens is 1. The Morgan fingerprint density at radius 3 is 2.46 bits per heavy atom. The number of anilines is 1. The first kappa shape index (κ1) is 28.7. The predicted molar refractivity (Wildman–Crippen MR) is 152 cm³/mol. The van der Waals surface area contributed by atoms with Crippen molar-refractivity contribution < 1.29 is 13.9 Å². The number of hydrogen-bond donors (Lipinski definition) is 3. The van der Waals surface area contributed by atoms with Gasteiger partial charge in [-0.25, -0.2) is 4.39 Å². The number of ether oxygens (including phenoxy) is 1.